The van der Waals surface area contributed by atoms with Crippen LogP contribution in [0.15, 0.2) is 42.7 Å². The predicted molar refractivity (Wildman–Crippen MR) is 134 cm³/mol. The average Bonchev–Trinajstić information content (AvgIpc) is 2.86. The predicted octanol–water partition coefficient (Wildman–Crippen LogP) is 4.00. The topological polar surface area (TPSA) is 125 Å². The number of amides is 1. The molecule has 2 aliphatic rings. The van der Waals surface area contributed by atoms with E-state index in [1.54, 1.807) is 19.2 Å². The third kappa shape index (κ3) is 4.91. The summed E-state index contributed by atoms with van der Waals surface area (Å²) >= 11 is 0. The highest BCUT2D eigenvalue weighted by Crippen LogP contribution is 2.43. The van der Waals surface area contributed by atoms with E-state index in [4.69, 9.17) is 4.74 Å². The SMILES string of the molecule is C[C@@H]1C[C@H](c2ccncc2NC(=O)c2ccc(F)c(-c3c(F)cc(C4(O)CCO4)cc3F)n2)C[C@H](O)[C@@]1(C)O. The normalized spacial score (nSPS) is 28.6. The third-order valence-electron chi connectivity index (χ3n) is 7.95. The molecule has 1 aliphatic carbocycles. The Bertz CT molecular complexity index is 1390. The lowest BCUT2D eigenvalue weighted by Crippen LogP contribution is -2.49. The van der Waals surface area contributed by atoms with E-state index < -0.39 is 52.1 Å². The van der Waals surface area contributed by atoms with E-state index in [1.165, 1.54) is 6.20 Å². The van der Waals surface area contributed by atoms with Crippen molar-refractivity contribution in [2.24, 2.45) is 5.92 Å². The highest BCUT2D eigenvalue weighted by atomic mass is 19.1. The molecule has 1 saturated heterocycles. The Morgan fingerprint density at radius 3 is 2.41 bits per heavy atom. The van der Waals surface area contributed by atoms with Crippen LogP contribution in [0.3, 0.4) is 0 Å². The van der Waals surface area contributed by atoms with Gasteiger partial charge in [0, 0.05) is 18.2 Å². The van der Waals surface area contributed by atoms with E-state index in [0.717, 1.165) is 24.3 Å². The Morgan fingerprint density at radius 2 is 1.79 bits per heavy atom. The molecule has 0 radical (unpaired) electrons. The molecule has 4 N–H and O–H groups in total. The van der Waals surface area contributed by atoms with Crippen LogP contribution in [0.2, 0.25) is 0 Å². The molecule has 206 valence electrons. The first-order valence-corrected chi connectivity index (χ1v) is 12.6. The maximum Gasteiger partial charge on any atom is 0.274 e. The summed E-state index contributed by atoms with van der Waals surface area (Å²) < 4.78 is 49.6. The van der Waals surface area contributed by atoms with Crippen LogP contribution in [0.25, 0.3) is 11.3 Å². The number of aromatic nitrogens is 2. The number of carbonyl (C=O) groups excluding carboxylic acids is 1. The average molecular weight is 544 g/mol. The Kier molecular flexibility index (Phi) is 6.96. The number of pyridine rings is 2. The van der Waals surface area contributed by atoms with Crippen molar-refractivity contribution in [2.75, 3.05) is 11.9 Å². The van der Waals surface area contributed by atoms with Gasteiger partial charge in [-0.05, 0) is 67.5 Å². The van der Waals surface area contributed by atoms with E-state index in [1.807, 2.05) is 6.92 Å². The van der Waals surface area contributed by atoms with Crippen molar-refractivity contribution in [3.05, 3.63) is 77.0 Å². The highest BCUT2D eigenvalue weighted by molar-refractivity contribution is 6.03. The van der Waals surface area contributed by atoms with Gasteiger partial charge in [-0.2, -0.15) is 0 Å². The number of aliphatic hydroxyl groups excluding tert-OH is 1. The van der Waals surface area contributed by atoms with Crippen LogP contribution >= 0.6 is 0 Å². The number of nitrogens with zero attached hydrogens (tertiary/aromatic N) is 2. The molecule has 0 spiro atoms. The van der Waals surface area contributed by atoms with Gasteiger partial charge in [-0.3, -0.25) is 9.78 Å². The molecule has 11 heteroatoms. The number of hydrogen-bond donors (Lipinski definition) is 4. The number of halogens is 3. The second-order valence-electron chi connectivity index (χ2n) is 10.5. The van der Waals surface area contributed by atoms with Crippen LogP contribution in [-0.2, 0) is 10.5 Å². The molecule has 3 heterocycles. The number of anilines is 1. The van der Waals surface area contributed by atoms with Crippen LogP contribution in [0, 0.1) is 23.4 Å². The van der Waals surface area contributed by atoms with Gasteiger partial charge in [0.25, 0.3) is 5.91 Å². The number of aliphatic hydroxyl groups is 3. The molecule has 2 aromatic heterocycles. The van der Waals surface area contributed by atoms with E-state index in [2.05, 4.69) is 15.3 Å². The van der Waals surface area contributed by atoms with Gasteiger partial charge in [0.1, 0.15) is 28.8 Å². The van der Waals surface area contributed by atoms with Crippen LogP contribution < -0.4 is 5.32 Å². The molecule has 1 amide bonds. The molecular weight excluding hydrogens is 515 g/mol. The lowest BCUT2D eigenvalue weighted by molar-refractivity contribution is -0.292. The summed E-state index contributed by atoms with van der Waals surface area (Å²) in [6, 6.07) is 5.38. The minimum atomic E-state index is -1.81. The van der Waals surface area contributed by atoms with E-state index in [9.17, 15) is 33.3 Å². The molecule has 1 saturated carbocycles. The minimum absolute atomic E-state index is 0.144. The largest absolute Gasteiger partial charge is 0.390 e. The molecule has 2 fully saturated rings. The molecular formula is C28H28F3N3O5. The summed E-state index contributed by atoms with van der Waals surface area (Å²) in [6.45, 7) is 3.66. The summed E-state index contributed by atoms with van der Waals surface area (Å²) in [7, 11) is 0. The maximum absolute atomic E-state index is 15.0. The zero-order chi connectivity index (χ0) is 28.1. The van der Waals surface area contributed by atoms with Gasteiger partial charge in [0.2, 0.25) is 0 Å². The van der Waals surface area contributed by atoms with Crippen LogP contribution in [0.5, 0.6) is 0 Å². The fourth-order valence-electron chi connectivity index (χ4n) is 5.20. The summed E-state index contributed by atoms with van der Waals surface area (Å²) in [5, 5.41) is 34.0. The first-order chi connectivity index (χ1) is 18.4. The Balaban J connectivity index is 1.43. The molecule has 8 nitrogen and oxygen atoms in total. The molecule has 1 aliphatic heterocycles. The fourth-order valence-corrected chi connectivity index (χ4v) is 5.20. The Hall–Kier alpha value is -3.38. The molecule has 5 rings (SSSR count). The first kappa shape index (κ1) is 27.2. The van der Waals surface area contributed by atoms with Crippen molar-refractivity contribution in [3.8, 4) is 11.3 Å². The van der Waals surface area contributed by atoms with Gasteiger partial charge in [-0.25, -0.2) is 18.2 Å². The van der Waals surface area contributed by atoms with Crippen molar-refractivity contribution in [1.29, 1.82) is 0 Å². The first-order valence-electron chi connectivity index (χ1n) is 12.6. The lowest BCUT2D eigenvalue weighted by Gasteiger charge is -2.43. The summed E-state index contributed by atoms with van der Waals surface area (Å²) in [6.07, 6.45) is 2.96. The molecule has 3 aromatic rings. The summed E-state index contributed by atoms with van der Waals surface area (Å²) in [5.41, 5.74) is -2.16. The summed E-state index contributed by atoms with van der Waals surface area (Å²) in [4.78, 5) is 21.1. The Morgan fingerprint density at radius 1 is 1.10 bits per heavy atom. The number of rotatable bonds is 5. The van der Waals surface area contributed by atoms with E-state index >= 15 is 0 Å². The van der Waals surface area contributed by atoms with Crippen LogP contribution in [0.4, 0.5) is 18.9 Å². The minimum Gasteiger partial charge on any atom is -0.390 e. The smallest absolute Gasteiger partial charge is 0.274 e. The zero-order valence-corrected chi connectivity index (χ0v) is 21.3. The third-order valence-corrected chi connectivity index (χ3v) is 7.95. The second-order valence-corrected chi connectivity index (χ2v) is 10.5. The maximum atomic E-state index is 15.0. The number of carbonyl (C=O) groups is 1. The van der Waals surface area contributed by atoms with E-state index in [0.29, 0.717) is 17.7 Å². The van der Waals surface area contributed by atoms with Crippen molar-refractivity contribution < 1.29 is 38.0 Å². The van der Waals surface area contributed by atoms with Crippen molar-refractivity contribution in [1.82, 2.24) is 9.97 Å². The number of ether oxygens (including phenoxy) is 1. The van der Waals surface area contributed by atoms with Crippen LogP contribution in [-0.4, -0.2) is 49.5 Å². The fraction of sp³-hybridized carbons (Fsp3) is 0.393. The highest BCUT2D eigenvalue weighted by Gasteiger charge is 2.44. The van der Waals surface area contributed by atoms with E-state index in [-0.39, 0.29) is 42.5 Å². The number of hydrogen-bond acceptors (Lipinski definition) is 7. The molecule has 39 heavy (non-hydrogen) atoms. The van der Waals surface area contributed by atoms with Crippen molar-refractivity contribution >= 4 is 11.6 Å². The van der Waals surface area contributed by atoms with Crippen LogP contribution in [0.1, 0.15) is 60.6 Å². The van der Waals surface area contributed by atoms with Gasteiger partial charge < -0.3 is 25.4 Å². The van der Waals surface area contributed by atoms with Crippen molar-refractivity contribution in [3.63, 3.8) is 0 Å². The quantitative estimate of drug-likeness (QED) is 0.383. The molecule has 1 unspecified atom stereocenters. The standard InChI is InChI=1S/C28H28F3N3O5/c1-14-9-15(10-23(35)27(14,2)37)17-5-7-32-13-22(17)34-26(36)21-4-3-18(29)25(33-21)24-19(30)11-16(12-20(24)31)28(38)6-8-39-28/h3-5,7,11-15,23,35,37-38H,6,8-10H2,1-2H3,(H,34,36)/t14-,15+,23+,27+,28?/m1/s1. The van der Waals surface area contributed by atoms with Gasteiger partial charge in [-0.15, -0.1) is 0 Å². The zero-order valence-electron chi connectivity index (χ0n) is 21.3. The van der Waals surface area contributed by atoms with Gasteiger partial charge in [-0.1, -0.05) is 6.92 Å². The monoisotopic (exact) mass is 543 g/mol. The number of nitrogens with one attached hydrogen (secondary N) is 1. The molecule has 5 atom stereocenters. The van der Waals surface area contributed by atoms with Gasteiger partial charge in [0.15, 0.2) is 5.79 Å². The lowest BCUT2D eigenvalue weighted by atomic mass is 9.69. The van der Waals surface area contributed by atoms with Gasteiger partial charge >= 0.3 is 0 Å². The second kappa shape index (κ2) is 9.98. The van der Waals surface area contributed by atoms with Gasteiger partial charge in [0.05, 0.1) is 35.8 Å². The molecule has 0 bridgehead atoms. The Labute approximate surface area is 222 Å². The number of benzene rings is 1. The summed E-state index contributed by atoms with van der Waals surface area (Å²) in [5.74, 6) is -6.39. The van der Waals surface area contributed by atoms with Crippen molar-refractivity contribution in [2.45, 2.75) is 56.5 Å². The molecule has 1 aromatic carbocycles.